The van der Waals surface area contributed by atoms with Crippen molar-refractivity contribution in [2.45, 2.75) is 6.92 Å². The standard InChI is InChI=1S/C14H12N4O/c1-10-7-13(16-9-15-10)18-14(19)8-12(17-18)11-5-3-2-4-6-11/h2-9,17H,1H3. The minimum absolute atomic E-state index is 0.142. The van der Waals surface area contributed by atoms with Crippen LogP contribution < -0.4 is 5.56 Å². The van der Waals surface area contributed by atoms with E-state index in [1.807, 2.05) is 37.3 Å². The lowest BCUT2D eigenvalue weighted by Crippen LogP contribution is -2.15. The third kappa shape index (κ3) is 2.18. The van der Waals surface area contributed by atoms with E-state index in [1.54, 1.807) is 12.1 Å². The van der Waals surface area contributed by atoms with Gasteiger partial charge >= 0.3 is 0 Å². The number of aromatic amines is 1. The summed E-state index contributed by atoms with van der Waals surface area (Å²) in [6, 6.07) is 13.0. The summed E-state index contributed by atoms with van der Waals surface area (Å²) in [7, 11) is 0. The van der Waals surface area contributed by atoms with E-state index in [0.29, 0.717) is 5.82 Å². The van der Waals surface area contributed by atoms with Crippen molar-refractivity contribution in [1.82, 2.24) is 19.7 Å². The first-order valence-electron chi connectivity index (χ1n) is 5.90. The van der Waals surface area contributed by atoms with Crippen molar-refractivity contribution in [2.24, 2.45) is 0 Å². The van der Waals surface area contributed by atoms with Crippen molar-refractivity contribution in [1.29, 1.82) is 0 Å². The Kier molecular flexibility index (Phi) is 2.72. The van der Waals surface area contributed by atoms with Gasteiger partial charge in [-0.2, -0.15) is 0 Å². The van der Waals surface area contributed by atoms with Gasteiger partial charge in [-0.25, -0.2) is 14.6 Å². The second-order valence-corrected chi connectivity index (χ2v) is 4.23. The van der Waals surface area contributed by atoms with E-state index in [1.165, 1.54) is 11.0 Å². The molecule has 0 amide bonds. The maximum atomic E-state index is 12.0. The Morgan fingerprint density at radius 3 is 2.63 bits per heavy atom. The smallest absolute Gasteiger partial charge is 0.273 e. The molecule has 0 saturated heterocycles. The molecular weight excluding hydrogens is 240 g/mol. The molecule has 5 nitrogen and oxygen atoms in total. The minimum atomic E-state index is -0.142. The van der Waals surface area contributed by atoms with Crippen molar-refractivity contribution in [3.05, 3.63) is 64.8 Å². The molecule has 0 bridgehead atoms. The van der Waals surface area contributed by atoms with E-state index in [4.69, 9.17) is 0 Å². The molecule has 3 aromatic rings. The highest BCUT2D eigenvalue weighted by molar-refractivity contribution is 5.58. The van der Waals surface area contributed by atoms with Crippen molar-refractivity contribution in [3.8, 4) is 17.1 Å². The van der Waals surface area contributed by atoms with Gasteiger partial charge in [0.1, 0.15) is 6.33 Å². The van der Waals surface area contributed by atoms with Gasteiger partial charge in [0.05, 0.1) is 5.69 Å². The van der Waals surface area contributed by atoms with Gasteiger partial charge in [-0.05, 0) is 12.5 Å². The first-order chi connectivity index (χ1) is 9.24. The zero-order valence-corrected chi connectivity index (χ0v) is 10.4. The average Bonchev–Trinajstić information content (AvgIpc) is 2.82. The fraction of sp³-hybridized carbons (Fsp3) is 0.0714. The van der Waals surface area contributed by atoms with Crippen molar-refractivity contribution in [2.75, 3.05) is 0 Å². The number of hydrogen-bond acceptors (Lipinski definition) is 3. The van der Waals surface area contributed by atoms with Gasteiger partial charge in [0.2, 0.25) is 0 Å². The molecular formula is C14H12N4O. The minimum Gasteiger partial charge on any atom is -0.289 e. The summed E-state index contributed by atoms with van der Waals surface area (Å²) in [6.07, 6.45) is 1.44. The van der Waals surface area contributed by atoms with Crippen LogP contribution in [0.3, 0.4) is 0 Å². The summed E-state index contributed by atoms with van der Waals surface area (Å²) in [4.78, 5) is 20.1. The van der Waals surface area contributed by atoms with Crippen molar-refractivity contribution in [3.63, 3.8) is 0 Å². The Morgan fingerprint density at radius 1 is 1.11 bits per heavy atom. The molecule has 2 heterocycles. The number of hydrogen-bond donors (Lipinski definition) is 1. The van der Waals surface area contributed by atoms with Crippen LogP contribution in [0.5, 0.6) is 0 Å². The SMILES string of the molecule is Cc1cc(-n2[nH]c(-c3ccccc3)cc2=O)ncn1. The largest absolute Gasteiger partial charge is 0.289 e. The summed E-state index contributed by atoms with van der Waals surface area (Å²) >= 11 is 0. The molecule has 0 fully saturated rings. The van der Waals surface area contributed by atoms with Crippen LogP contribution in [0.2, 0.25) is 0 Å². The normalized spacial score (nSPS) is 10.6. The van der Waals surface area contributed by atoms with Gasteiger partial charge in [0, 0.05) is 17.8 Å². The summed E-state index contributed by atoms with van der Waals surface area (Å²) in [6.45, 7) is 1.86. The Bertz CT molecular complexity index is 758. The monoisotopic (exact) mass is 252 g/mol. The predicted octanol–water partition coefficient (Wildman–Crippen LogP) is 1.93. The van der Waals surface area contributed by atoms with Crippen LogP contribution >= 0.6 is 0 Å². The quantitative estimate of drug-likeness (QED) is 0.758. The van der Waals surface area contributed by atoms with Crippen LogP contribution in [0.1, 0.15) is 5.69 Å². The highest BCUT2D eigenvalue weighted by Gasteiger charge is 2.07. The van der Waals surface area contributed by atoms with Gasteiger partial charge in [-0.15, -0.1) is 0 Å². The number of nitrogens with zero attached hydrogens (tertiary/aromatic N) is 3. The van der Waals surface area contributed by atoms with E-state index in [2.05, 4.69) is 15.1 Å². The Hall–Kier alpha value is -2.69. The van der Waals surface area contributed by atoms with Crippen LogP contribution in [0.4, 0.5) is 0 Å². The molecule has 19 heavy (non-hydrogen) atoms. The van der Waals surface area contributed by atoms with E-state index < -0.39 is 0 Å². The van der Waals surface area contributed by atoms with Gasteiger partial charge in [-0.1, -0.05) is 30.3 Å². The number of nitrogens with one attached hydrogen (secondary N) is 1. The number of rotatable bonds is 2. The summed E-state index contributed by atoms with van der Waals surface area (Å²) < 4.78 is 1.41. The lowest BCUT2D eigenvalue weighted by atomic mass is 10.2. The fourth-order valence-electron chi connectivity index (χ4n) is 1.89. The van der Waals surface area contributed by atoms with E-state index in [9.17, 15) is 4.79 Å². The van der Waals surface area contributed by atoms with Gasteiger partial charge in [0.15, 0.2) is 5.82 Å². The molecule has 1 N–H and O–H groups in total. The van der Waals surface area contributed by atoms with Gasteiger partial charge < -0.3 is 0 Å². The van der Waals surface area contributed by atoms with Crippen molar-refractivity contribution >= 4 is 0 Å². The average molecular weight is 252 g/mol. The zero-order chi connectivity index (χ0) is 13.2. The molecule has 1 aromatic carbocycles. The van der Waals surface area contributed by atoms with Crippen molar-refractivity contribution < 1.29 is 0 Å². The van der Waals surface area contributed by atoms with E-state index in [0.717, 1.165) is 17.0 Å². The molecule has 0 aliphatic carbocycles. The van der Waals surface area contributed by atoms with Crippen LogP contribution in [0.25, 0.3) is 17.1 Å². The molecule has 0 aliphatic heterocycles. The predicted molar refractivity (Wildman–Crippen MR) is 72.2 cm³/mol. The van der Waals surface area contributed by atoms with E-state index in [-0.39, 0.29) is 5.56 Å². The van der Waals surface area contributed by atoms with Gasteiger partial charge in [0.25, 0.3) is 5.56 Å². The molecule has 0 saturated carbocycles. The lowest BCUT2D eigenvalue weighted by molar-refractivity contribution is 0.811. The van der Waals surface area contributed by atoms with Crippen LogP contribution in [-0.4, -0.2) is 19.7 Å². The zero-order valence-electron chi connectivity index (χ0n) is 10.4. The Balaban J connectivity index is 2.10. The summed E-state index contributed by atoms with van der Waals surface area (Å²) in [5, 5.41) is 3.06. The third-order valence-corrected chi connectivity index (χ3v) is 2.82. The maximum absolute atomic E-state index is 12.0. The van der Waals surface area contributed by atoms with Gasteiger partial charge in [-0.3, -0.25) is 9.89 Å². The molecule has 2 aromatic heterocycles. The molecule has 0 spiro atoms. The molecule has 94 valence electrons. The third-order valence-electron chi connectivity index (χ3n) is 2.82. The highest BCUT2D eigenvalue weighted by Crippen LogP contribution is 2.15. The number of aryl methyl sites for hydroxylation is 1. The highest BCUT2D eigenvalue weighted by atomic mass is 16.1. The molecule has 5 heteroatoms. The van der Waals surface area contributed by atoms with Crippen LogP contribution in [-0.2, 0) is 0 Å². The Morgan fingerprint density at radius 2 is 1.89 bits per heavy atom. The molecule has 0 radical (unpaired) electrons. The maximum Gasteiger partial charge on any atom is 0.273 e. The van der Waals surface area contributed by atoms with Crippen LogP contribution in [0, 0.1) is 6.92 Å². The first-order valence-corrected chi connectivity index (χ1v) is 5.90. The number of aromatic nitrogens is 4. The number of H-pyrrole nitrogens is 1. The van der Waals surface area contributed by atoms with E-state index >= 15 is 0 Å². The molecule has 0 unspecified atom stereocenters. The molecule has 0 atom stereocenters. The number of benzene rings is 1. The molecule has 3 rings (SSSR count). The topological polar surface area (TPSA) is 63.6 Å². The fourth-order valence-corrected chi connectivity index (χ4v) is 1.89. The second-order valence-electron chi connectivity index (χ2n) is 4.23. The summed E-state index contributed by atoms with van der Waals surface area (Å²) in [5.74, 6) is 0.541. The first kappa shape index (κ1) is 11.4. The lowest BCUT2D eigenvalue weighted by Gasteiger charge is -2.01. The van der Waals surface area contributed by atoms with Crippen LogP contribution in [0.15, 0.2) is 53.6 Å². The second kappa shape index (κ2) is 4.53. The summed E-state index contributed by atoms with van der Waals surface area (Å²) in [5.41, 5.74) is 2.40. The Labute approximate surface area is 109 Å². The molecule has 0 aliphatic rings.